The summed E-state index contributed by atoms with van der Waals surface area (Å²) in [4.78, 5) is 19.6. The van der Waals surface area contributed by atoms with Gasteiger partial charge in [-0.3, -0.25) is 14.6 Å². The smallest absolute Gasteiger partial charge is 0.240 e. The van der Waals surface area contributed by atoms with Crippen LogP contribution < -0.4 is 0 Å². The highest BCUT2D eigenvalue weighted by atomic mass is 16.2. The lowest BCUT2D eigenvalue weighted by atomic mass is 9.81. The molecule has 29 heavy (non-hydrogen) atoms. The van der Waals surface area contributed by atoms with E-state index in [1.165, 1.54) is 12.0 Å². The molecule has 1 aliphatic heterocycles. The van der Waals surface area contributed by atoms with E-state index in [-0.39, 0.29) is 11.9 Å². The Kier molecular flexibility index (Phi) is 7.46. The van der Waals surface area contributed by atoms with E-state index >= 15 is 0 Å². The number of likely N-dealkylation sites (N-methyl/N-ethyl adjacent to an activating group) is 1. The van der Waals surface area contributed by atoms with Crippen molar-refractivity contribution in [2.45, 2.75) is 50.6 Å². The summed E-state index contributed by atoms with van der Waals surface area (Å²) in [5, 5.41) is 9.78. The fourth-order valence-corrected chi connectivity index (χ4v) is 4.54. The molecule has 0 aromatic heterocycles. The molecule has 5 nitrogen and oxygen atoms in total. The molecule has 1 aliphatic carbocycles. The molecular weight excluding hydrogens is 360 g/mol. The zero-order valence-electron chi connectivity index (χ0n) is 17.9. The van der Waals surface area contributed by atoms with Gasteiger partial charge in [0.25, 0.3) is 0 Å². The number of amides is 1. The lowest BCUT2D eigenvalue weighted by Gasteiger charge is -2.43. The molecule has 1 atom stereocenters. The standard InChI is InChI=1S/C24H34N4O/c1-21(23(29)26(2)24(20-25)13-7-4-8-14-24)28-18-16-27(17-19-28)15-9-12-22-10-5-3-6-11-22/h3,5-6,9-12,21H,4,7-8,13-19H2,1-2H3/b12-9+/t21-/m0/s1. The van der Waals surface area contributed by atoms with Crippen LogP contribution in [0.25, 0.3) is 6.08 Å². The van der Waals surface area contributed by atoms with Crippen molar-refractivity contribution in [2.24, 2.45) is 0 Å². The Balaban J connectivity index is 1.49. The summed E-state index contributed by atoms with van der Waals surface area (Å²) in [6, 6.07) is 12.7. The van der Waals surface area contributed by atoms with Crippen LogP contribution in [0.1, 0.15) is 44.6 Å². The second-order valence-corrected chi connectivity index (χ2v) is 8.43. The molecule has 1 aromatic carbocycles. The van der Waals surface area contributed by atoms with Gasteiger partial charge >= 0.3 is 0 Å². The van der Waals surface area contributed by atoms with Gasteiger partial charge in [0.2, 0.25) is 5.91 Å². The van der Waals surface area contributed by atoms with Crippen molar-refractivity contribution in [1.29, 1.82) is 5.26 Å². The first-order valence-electron chi connectivity index (χ1n) is 10.9. The number of nitriles is 1. The number of carbonyl (C=O) groups excluding carboxylic acids is 1. The SMILES string of the molecule is C[C@@H](C(=O)N(C)C1(C#N)CCCCC1)N1CCN(C/C=C/c2ccccc2)CC1. The lowest BCUT2D eigenvalue weighted by Crippen LogP contribution is -2.58. The number of piperazine rings is 1. The minimum absolute atomic E-state index is 0.0888. The van der Waals surface area contributed by atoms with Crippen molar-refractivity contribution in [3.63, 3.8) is 0 Å². The topological polar surface area (TPSA) is 50.6 Å². The maximum Gasteiger partial charge on any atom is 0.240 e. The van der Waals surface area contributed by atoms with Gasteiger partial charge < -0.3 is 4.90 Å². The zero-order valence-corrected chi connectivity index (χ0v) is 17.9. The van der Waals surface area contributed by atoms with Crippen molar-refractivity contribution >= 4 is 12.0 Å². The molecule has 0 unspecified atom stereocenters. The van der Waals surface area contributed by atoms with Gasteiger partial charge in [-0.05, 0) is 25.3 Å². The third-order valence-corrected chi connectivity index (χ3v) is 6.65. The third-order valence-electron chi connectivity index (χ3n) is 6.65. The summed E-state index contributed by atoms with van der Waals surface area (Å²) in [6.07, 6.45) is 9.23. The van der Waals surface area contributed by atoms with E-state index in [9.17, 15) is 10.1 Å². The fraction of sp³-hybridized carbons (Fsp3) is 0.583. The molecule has 0 spiro atoms. The Morgan fingerprint density at radius 1 is 1.17 bits per heavy atom. The highest BCUT2D eigenvalue weighted by molar-refractivity contribution is 5.82. The van der Waals surface area contributed by atoms with Crippen LogP contribution >= 0.6 is 0 Å². The predicted molar refractivity (Wildman–Crippen MR) is 117 cm³/mol. The highest BCUT2D eigenvalue weighted by Gasteiger charge is 2.41. The first-order chi connectivity index (χ1) is 14.1. The van der Waals surface area contributed by atoms with E-state index in [1.54, 1.807) is 4.90 Å². The van der Waals surface area contributed by atoms with Crippen molar-refractivity contribution < 1.29 is 4.79 Å². The summed E-state index contributed by atoms with van der Waals surface area (Å²) >= 11 is 0. The second-order valence-electron chi connectivity index (χ2n) is 8.43. The van der Waals surface area contributed by atoms with E-state index in [1.807, 2.05) is 20.0 Å². The molecule has 156 valence electrons. The molecule has 2 aliphatic rings. The minimum atomic E-state index is -0.604. The van der Waals surface area contributed by atoms with Crippen LogP contribution in [0.3, 0.4) is 0 Å². The van der Waals surface area contributed by atoms with Crippen LogP contribution in [0.2, 0.25) is 0 Å². The molecule has 2 fully saturated rings. The summed E-state index contributed by atoms with van der Waals surface area (Å²) in [5.41, 5.74) is 0.621. The van der Waals surface area contributed by atoms with E-state index in [0.717, 1.165) is 58.4 Å². The maximum atomic E-state index is 13.1. The van der Waals surface area contributed by atoms with Gasteiger partial charge in [0, 0.05) is 39.8 Å². The largest absolute Gasteiger partial charge is 0.326 e. The lowest BCUT2D eigenvalue weighted by molar-refractivity contribution is -0.140. The summed E-state index contributed by atoms with van der Waals surface area (Å²) < 4.78 is 0. The van der Waals surface area contributed by atoms with Gasteiger partial charge in [-0.15, -0.1) is 0 Å². The van der Waals surface area contributed by atoms with Crippen molar-refractivity contribution in [1.82, 2.24) is 14.7 Å². The second kappa shape index (κ2) is 10.0. The molecular formula is C24H34N4O. The van der Waals surface area contributed by atoms with Crippen molar-refractivity contribution in [2.75, 3.05) is 39.8 Å². The average molecular weight is 395 g/mol. The van der Waals surface area contributed by atoms with Gasteiger partial charge in [-0.25, -0.2) is 0 Å². The van der Waals surface area contributed by atoms with E-state index in [2.05, 4.69) is 52.3 Å². The summed E-state index contributed by atoms with van der Waals surface area (Å²) in [6.45, 7) is 6.63. The Morgan fingerprint density at radius 2 is 1.83 bits per heavy atom. The van der Waals surface area contributed by atoms with Crippen LogP contribution in [0, 0.1) is 11.3 Å². The average Bonchev–Trinajstić information content (AvgIpc) is 2.79. The first kappa shape index (κ1) is 21.5. The van der Waals surface area contributed by atoms with Crippen LogP contribution in [-0.2, 0) is 4.79 Å². The van der Waals surface area contributed by atoms with Crippen LogP contribution in [0.4, 0.5) is 0 Å². The highest BCUT2D eigenvalue weighted by Crippen LogP contribution is 2.33. The molecule has 1 saturated heterocycles. The Labute approximate surface area is 175 Å². The molecule has 5 heteroatoms. The molecule has 3 rings (SSSR count). The molecule has 0 bridgehead atoms. The summed E-state index contributed by atoms with van der Waals surface area (Å²) in [5.74, 6) is 0.0888. The Bertz CT molecular complexity index is 725. The van der Waals surface area contributed by atoms with Gasteiger partial charge in [-0.1, -0.05) is 61.7 Å². The maximum absolute atomic E-state index is 13.1. The number of rotatable bonds is 6. The first-order valence-corrected chi connectivity index (χ1v) is 10.9. The van der Waals surface area contributed by atoms with Gasteiger partial charge in [0.1, 0.15) is 5.54 Å². The minimum Gasteiger partial charge on any atom is -0.326 e. The van der Waals surface area contributed by atoms with Gasteiger partial charge in [-0.2, -0.15) is 5.26 Å². The predicted octanol–water partition coefficient (Wildman–Crippen LogP) is 3.39. The number of carbonyl (C=O) groups is 1. The van der Waals surface area contributed by atoms with Crippen molar-refractivity contribution in [3.05, 3.63) is 42.0 Å². The van der Waals surface area contributed by atoms with Crippen LogP contribution in [0.5, 0.6) is 0 Å². The fourth-order valence-electron chi connectivity index (χ4n) is 4.54. The molecule has 1 saturated carbocycles. The molecule has 1 aromatic rings. The van der Waals surface area contributed by atoms with Crippen LogP contribution in [0.15, 0.2) is 36.4 Å². The molecule has 1 amide bonds. The molecule has 0 N–H and O–H groups in total. The molecule has 1 heterocycles. The number of benzene rings is 1. The monoisotopic (exact) mass is 394 g/mol. The quantitative estimate of drug-likeness (QED) is 0.742. The Morgan fingerprint density at radius 3 is 2.45 bits per heavy atom. The van der Waals surface area contributed by atoms with Gasteiger partial charge in [0.15, 0.2) is 0 Å². The van der Waals surface area contributed by atoms with E-state index < -0.39 is 5.54 Å². The van der Waals surface area contributed by atoms with Crippen LogP contribution in [-0.4, -0.2) is 72.0 Å². The van der Waals surface area contributed by atoms with E-state index in [0.29, 0.717) is 0 Å². The molecule has 0 radical (unpaired) electrons. The normalized spacial score (nSPS) is 21.6. The van der Waals surface area contributed by atoms with Crippen molar-refractivity contribution in [3.8, 4) is 6.07 Å². The summed E-state index contributed by atoms with van der Waals surface area (Å²) in [7, 11) is 1.83. The number of hydrogen-bond donors (Lipinski definition) is 0. The Hall–Kier alpha value is -2.16. The van der Waals surface area contributed by atoms with E-state index in [4.69, 9.17) is 0 Å². The van der Waals surface area contributed by atoms with Gasteiger partial charge in [0.05, 0.1) is 12.1 Å². The third kappa shape index (κ3) is 5.26. The number of nitrogens with zero attached hydrogens (tertiary/aromatic N) is 4. The zero-order chi connectivity index (χ0) is 20.7. The number of hydrogen-bond acceptors (Lipinski definition) is 4.